The Balaban J connectivity index is 2.27. The second kappa shape index (κ2) is 8.76. The van der Waals surface area contributed by atoms with Crippen LogP contribution in [0.25, 0.3) is 0 Å². The van der Waals surface area contributed by atoms with E-state index in [1.54, 1.807) is 7.11 Å². The van der Waals surface area contributed by atoms with E-state index in [1.165, 1.54) is 11.8 Å². The monoisotopic (exact) mass is 411 g/mol. The van der Waals surface area contributed by atoms with Gasteiger partial charge in [0.15, 0.2) is 0 Å². The third kappa shape index (κ3) is 4.75. The van der Waals surface area contributed by atoms with Crippen LogP contribution in [0.3, 0.4) is 0 Å². The van der Waals surface area contributed by atoms with Crippen molar-refractivity contribution in [3.63, 3.8) is 0 Å². The zero-order valence-electron chi connectivity index (χ0n) is 13.2. The summed E-state index contributed by atoms with van der Waals surface area (Å²) in [6.45, 7) is 2.05. The number of hydrogen-bond donors (Lipinski definition) is 1. The van der Waals surface area contributed by atoms with Gasteiger partial charge in [0.25, 0.3) is 0 Å². The van der Waals surface area contributed by atoms with Crippen molar-refractivity contribution in [3.8, 4) is 5.75 Å². The Morgan fingerprint density at radius 3 is 2.74 bits per heavy atom. The third-order valence-corrected chi connectivity index (χ3v) is 5.18. The SMILES string of the molecule is CCSC(=N)c1cccc(Cl)c1CCc1cc(Br)ccc1OC. The van der Waals surface area contributed by atoms with Gasteiger partial charge in [0.2, 0.25) is 0 Å². The van der Waals surface area contributed by atoms with Crippen molar-refractivity contribution in [3.05, 3.63) is 62.6 Å². The van der Waals surface area contributed by atoms with E-state index < -0.39 is 0 Å². The molecule has 122 valence electrons. The molecular weight excluding hydrogens is 394 g/mol. The summed E-state index contributed by atoms with van der Waals surface area (Å²) < 4.78 is 6.46. The number of hydrogen-bond acceptors (Lipinski definition) is 3. The lowest BCUT2D eigenvalue weighted by atomic mass is 9.99. The maximum atomic E-state index is 8.23. The van der Waals surface area contributed by atoms with Crippen LogP contribution in [0.1, 0.15) is 23.6 Å². The van der Waals surface area contributed by atoms with Crippen molar-refractivity contribution in [1.82, 2.24) is 0 Å². The highest BCUT2D eigenvalue weighted by atomic mass is 79.9. The van der Waals surface area contributed by atoms with Crippen molar-refractivity contribution in [2.45, 2.75) is 19.8 Å². The average Bonchev–Trinajstić information content (AvgIpc) is 2.54. The van der Waals surface area contributed by atoms with Gasteiger partial charge in [-0.1, -0.05) is 46.6 Å². The van der Waals surface area contributed by atoms with Gasteiger partial charge in [-0.2, -0.15) is 0 Å². The topological polar surface area (TPSA) is 33.1 Å². The number of thioether (sulfide) groups is 1. The van der Waals surface area contributed by atoms with E-state index in [9.17, 15) is 0 Å². The normalized spacial score (nSPS) is 10.6. The largest absolute Gasteiger partial charge is 0.496 e. The minimum Gasteiger partial charge on any atom is -0.496 e. The summed E-state index contributed by atoms with van der Waals surface area (Å²) in [4.78, 5) is 0. The molecule has 0 saturated heterocycles. The van der Waals surface area contributed by atoms with Crippen LogP contribution in [-0.4, -0.2) is 17.9 Å². The van der Waals surface area contributed by atoms with Crippen LogP contribution in [0, 0.1) is 5.41 Å². The minimum atomic E-state index is 0.575. The third-order valence-electron chi connectivity index (χ3n) is 3.54. The molecule has 0 aliphatic heterocycles. The molecule has 0 aromatic heterocycles. The molecule has 0 aliphatic carbocycles. The molecule has 0 bridgehead atoms. The number of aryl methyl sites for hydroxylation is 1. The molecule has 0 amide bonds. The first-order valence-electron chi connectivity index (χ1n) is 7.38. The van der Waals surface area contributed by atoms with Gasteiger partial charge in [-0.25, -0.2) is 0 Å². The maximum absolute atomic E-state index is 8.23. The maximum Gasteiger partial charge on any atom is 0.122 e. The van der Waals surface area contributed by atoms with Gasteiger partial charge >= 0.3 is 0 Å². The molecule has 2 rings (SSSR count). The number of rotatable bonds is 6. The number of halogens is 2. The van der Waals surface area contributed by atoms with Crippen molar-refractivity contribution < 1.29 is 4.74 Å². The van der Waals surface area contributed by atoms with E-state index in [2.05, 4.69) is 28.9 Å². The van der Waals surface area contributed by atoms with Crippen LogP contribution >= 0.6 is 39.3 Å². The first-order valence-corrected chi connectivity index (χ1v) is 9.54. The van der Waals surface area contributed by atoms with E-state index in [4.69, 9.17) is 21.7 Å². The van der Waals surface area contributed by atoms with Crippen molar-refractivity contribution >= 4 is 44.3 Å². The molecule has 0 aliphatic rings. The van der Waals surface area contributed by atoms with Gasteiger partial charge in [0.05, 0.1) is 12.2 Å². The standard InChI is InChI=1S/C18H19BrClNOS/c1-3-23-18(21)15-5-4-6-16(20)14(15)9-7-12-11-13(19)8-10-17(12)22-2/h4-6,8,10-11,21H,3,7,9H2,1-2H3. The predicted octanol–water partition coefficient (Wildman–Crippen LogP) is 5.97. The molecule has 1 N–H and O–H groups in total. The molecule has 0 radical (unpaired) electrons. The van der Waals surface area contributed by atoms with Crippen molar-refractivity contribution in [2.24, 2.45) is 0 Å². The van der Waals surface area contributed by atoms with E-state index in [0.717, 1.165) is 50.5 Å². The van der Waals surface area contributed by atoms with Gasteiger partial charge in [0.1, 0.15) is 5.75 Å². The van der Waals surface area contributed by atoms with Crippen LogP contribution in [0.5, 0.6) is 5.75 Å². The molecule has 0 saturated carbocycles. The van der Waals surface area contributed by atoms with Crippen molar-refractivity contribution in [2.75, 3.05) is 12.9 Å². The van der Waals surface area contributed by atoms with Crippen LogP contribution in [0.15, 0.2) is 40.9 Å². The van der Waals surface area contributed by atoms with E-state index in [1.807, 2.05) is 30.3 Å². The second-order valence-corrected chi connectivity index (χ2v) is 7.58. The fraction of sp³-hybridized carbons (Fsp3) is 0.278. The zero-order valence-corrected chi connectivity index (χ0v) is 16.3. The Labute approximate surface area is 155 Å². The zero-order chi connectivity index (χ0) is 16.8. The van der Waals surface area contributed by atoms with Gasteiger partial charge in [-0.05, 0) is 54.0 Å². The van der Waals surface area contributed by atoms with Gasteiger partial charge in [0, 0.05) is 15.1 Å². The van der Waals surface area contributed by atoms with E-state index >= 15 is 0 Å². The summed E-state index contributed by atoms with van der Waals surface area (Å²) in [7, 11) is 1.68. The quantitative estimate of drug-likeness (QED) is 0.468. The number of benzene rings is 2. The number of methoxy groups -OCH3 is 1. The predicted molar refractivity (Wildman–Crippen MR) is 105 cm³/mol. The lowest BCUT2D eigenvalue weighted by Crippen LogP contribution is -2.04. The van der Waals surface area contributed by atoms with Crippen LogP contribution in [0.4, 0.5) is 0 Å². The molecule has 0 heterocycles. The lowest BCUT2D eigenvalue weighted by molar-refractivity contribution is 0.409. The molecule has 0 spiro atoms. The van der Waals surface area contributed by atoms with E-state index in [-0.39, 0.29) is 0 Å². The van der Waals surface area contributed by atoms with Crippen LogP contribution < -0.4 is 4.74 Å². The smallest absolute Gasteiger partial charge is 0.122 e. The highest BCUT2D eigenvalue weighted by Gasteiger charge is 2.13. The molecule has 0 atom stereocenters. The fourth-order valence-electron chi connectivity index (χ4n) is 2.45. The van der Waals surface area contributed by atoms with Gasteiger partial charge < -0.3 is 4.74 Å². The Morgan fingerprint density at radius 1 is 1.26 bits per heavy atom. The Hall–Kier alpha value is -0.970. The summed E-state index contributed by atoms with van der Waals surface area (Å²) in [6, 6.07) is 11.8. The van der Waals surface area contributed by atoms with Gasteiger partial charge in [-0.15, -0.1) is 11.8 Å². The lowest BCUT2D eigenvalue weighted by Gasteiger charge is -2.13. The summed E-state index contributed by atoms with van der Waals surface area (Å²) >= 11 is 11.4. The minimum absolute atomic E-state index is 0.575. The highest BCUT2D eigenvalue weighted by molar-refractivity contribution is 9.10. The summed E-state index contributed by atoms with van der Waals surface area (Å²) in [6.07, 6.45) is 1.58. The average molecular weight is 413 g/mol. The molecule has 23 heavy (non-hydrogen) atoms. The van der Waals surface area contributed by atoms with Crippen LogP contribution in [0.2, 0.25) is 5.02 Å². The summed E-state index contributed by atoms with van der Waals surface area (Å²) in [5.41, 5.74) is 3.09. The highest BCUT2D eigenvalue weighted by Crippen LogP contribution is 2.28. The first-order chi connectivity index (χ1) is 11.1. The molecule has 2 aromatic carbocycles. The Kier molecular flexibility index (Phi) is 7.00. The fourth-order valence-corrected chi connectivity index (χ4v) is 3.76. The molecular formula is C18H19BrClNOS. The molecule has 5 heteroatoms. The number of ether oxygens (including phenoxy) is 1. The first kappa shape index (κ1) is 18.4. The van der Waals surface area contributed by atoms with Crippen LogP contribution in [-0.2, 0) is 12.8 Å². The molecule has 2 nitrogen and oxygen atoms in total. The number of nitrogens with one attached hydrogen (secondary N) is 1. The molecule has 0 fully saturated rings. The Morgan fingerprint density at radius 2 is 2.04 bits per heavy atom. The van der Waals surface area contributed by atoms with Gasteiger partial charge in [-0.3, -0.25) is 5.41 Å². The second-order valence-electron chi connectivity index (χ2n) is 4.98. The molecule has 0 unspecified atom stereocenters. The van der Waals surface area contributed by atoms with E-state index in [0.29, 0.717) is 5.04 Å². The summed E-state index contributed by atoms with van der Waals surface area (Å²) in [5.74, 6) is 1.75. The Bertz CT molecular complexity index is 705. The summed E-state index contributed by atoms with van der Waals surface area (Å²) in [5, 5.41) is 9.53. The molecule has 2 aromatic rings. The van der Waals surface area contributed by atoms with Crippen molar-refractivity contribution in [1.29, 1.82) is 5.41 Å².